The van der Waals surface area contributed by atoms with Crippen LogP contribution >= 0.6 is 0 Å². The van der Waals surface area contributed by atoms with Gasteiger partial charge in [0.15, 0.2) is 0 Å². The van der Waals surface area contributed by atoms with Crippen molar-refractivity contribution in [3.05, 3.63) is 62.2 Å². The van der Waals surface area contributed by atoms with E-state index in [1.807, 2.05) is 11.5 Å². The molecule has 0 amide bonds. The third-order valence-electron chi connectivity index (χ3n) is 3.09. The van der Waals surface area contributed by atoms with Crippen LogP contribution in [0.4, 0.5) is 11.4 Å². The third-order valence-corrected chi connectivity index (χ3v) is 3.09. The predicted octanol–water partition coefficient (Wildman–Crippen LogP) is 2.70. The van der Waals surface area contributed by atoms with Gasteiger partial charge in [-0.1, -0.05) is 6.92 Å². The standard InChI is InChI=1S/C13H14N4O4/c1-2-3-13-14-6-7-15(13)9-10-4-5-11(16(18)19)8-12(10)17(20)21/h4-8H,2-3,9H2,1H3. The van der Waals surface area contributed by atoms with Crippen molar-refractivity contribution >= 4 is 11.4 Å². The first-order chi connectivity index (χ1) is 10.0. The molecule has 0 N–H and O–H groups in total. The Hall–Kier alpha value is -2.77. The maximum Gasteiger partial charge on any atom is 0.281 e. The van der Waals surface area contributed by atoms with Crippen LogP contribution in [0.3, 0.4) is 0 Å². The van der Waals surface area contributed by atoms with Crippen LogP contribution in [0.5, 0.6) is 0 Å². The summed E-state index contributed by atoms with van der Waals surface area (Å²) in [5.74, 6) is 0.838. The Balaban J connectivity index is 2.37. The van der Waals surface area contributed by atoms with Crippen LogP contribution in [0.2, 0.25) is 0 Å². The maximum absolute atomic E-state index is 11.1. The summed E-state index contributed by atoms with van der Waals surface area (Å²) in [5, 5.41) is 21.8. The number of aromatic nitrogens is 2. The van der Waals surface area contributed by atoms with Crippen molar-refractivity contribution in [3.8, 4) is 0 Å². The van der Waals surface area contributed by atoms with Gasteiger partial charge in [0.05, 0.1) is 28.0 Å². The lowest BCUT2D eigenvalue weighted by Gasteiger charge is -2.07. The zero-order chi connectivity index (χ0) is 15.4. The summed E-state index contributed by atoms with van der Waals surface area (Å²) in [7, 11) is 0. The largest absolute Gasteiger partial charge is 0.330 e. The minimum Gasteiger partial charge on any atom is -0.330 e. The van der Waals surface area contributed by atoms with Gasteiger partial charge in [-0.25, -0.2) is 4.98 Å². The lowest BCUT2D eigenvalue weighted by atomic mass is 10.1. The number of non-ortho nitro benzene ring substituents is 1. The quantitative estimate of drug-likeness (QED) is 0.600. The Morgan fingerprint density at radius 1 is 1.24 bits per heavy atom. The summed E-state index contributed by atoms with van der Waals surface area (Å²) < 4.78 is 1.82. The Morgan fingerprint density at radius 3 is 2.62 bits per heavy atom. The van der Waals surface area contributed by atoms with E-state index in [9.17, 15) is 20.2 Å². The average molecular weight is 290 g/mol. The molecule has 0 aliphatic carbocycles. The fourth-order valence-electron chi connectivity index (χ4n) is 2.09. The topological polar surface area (TPSA) is 104 Å². The molecule has 0 radical (unpaired) electrons. The number of imidazole rings is 1. The van der Waals surface area contributed by atoms with Crippen molar-refractivity contribution in [2.75, 3.05) is 0 Å². The van der Waals surface area contributed by atoms with Gasteiger partial charge < -0.3 is 4.57 Å². The average Bonchev–Trinajstić information content (AvgIpc) is 2.86. The number of hydrogen-bond donors (Lipinski definition) is 0. The fraction of sp³-hybridized carbons (Fsp3) is 0.308. The Kier molecular flexibility index (Phi) is 4.27. The van der Waals surface area contributed by atoms with Crippen molar-refractivity contribution in [2.24, 2.45) is 0 Å². The molecule has 8 heteroatoms. The van der Waals surface area contributed by atoms with Crippen molar-refractivity contribution in [1.82, 2.24) is 9.55 Å². The normalized spacial score (nSPS) is 10.5. The number of rotatable bonds is 6. The van der Waals surface area contributed by atoms with Gasteiger partial charge in [-0.3, -0.25) is 20.2 Å². The van der Waals surface area contributed by atoms with Gasteiger partial charge in [-0.15, -0.1) is 0 Å². The zero-order valence-electron chi connectivity index (χ0n) is 11.4. The molecule has 8 nitrogen and oxygen atoms in total. The second kappa shape index (κ2) is 6.12. The highest BCUT2D eigenvalue weighted by Gasteiger charge is 2.20. The Labute approximate surface area is 120 Å². The molecule has 1 aromatic carbocycles. The second-order valence-corrected chi connectivity index (χ2v) is 4.55. The van der Waals surface area contributed by atoms with Crippen LogP contribution in [-0.2, 0) is 13.0 Å². The predicted molar refractivity (Wildman–Crippen MR) is 75.1 cm³/mol. The van der Waals surface area contributed by atoms with Crippen molar-refractivity contribution in [3.63, 3.8) is 0 Å². The van der Waals surface area contributed by atoms with E-state index in [1.54, 1.807) is 12.4 Å². The minimum absolute atomic E-state index is 0.250. The molecule has 0 aliphatic heterocycles. The number of nitro benzene ring substituents is 2. The first-order valence-corrected chi connectivity index (χ1v) is 6.44. The van der Waals surface area contributed by atoms with E-state index >= 15 is 0 Å². The van der Waals surface area contributed by atoms with Gasteiger partial charge in [0.25, 0.3) is 11.4 Å². The van der Waals surface area contributed by atoms with Crippen molar-refractivity contribution in [1.29, 1.82) is 0 Å². The van der Waals surface area contributed by atoms with Crippen LogP contribution in [0.1, 0.15) is 24.7 Å². The molecule has 0 bridgehead atoms. The molecule has 1 heterocycles. The maximum atomic E-state index is 11.1. The van der Waals surface area contributed by atoms with E-state index in [-0.39, 0.29) is 17.9 Å². The highest BCUT2D eigenvalue weighted by molar-refractivity contribution is 5.49. The van der Waals surface area contributed by atoms with Crippen LogP contribution < -0.4 is 0 Å². The van der Waals surface area contributed by atoms with Gasteiger partial charge in [-0.2, -0.15) is 0 Å². The van der Waals surface area contributed by atoms with E-state index in [2.05, 4.69) is 4.98 Å². The molecule has 0 fully saturated rings. The fourth-order valence-corrected chi connectivity index (χ4v) is 2.09. The zero-order valence-corrected chi connectivity index (χ0v) is 11.4. The minimum atomic E-state index is -0.642. The molecule has 0 atom stereocenters. The number of hydrogen-bond acceptors (Lipinski definition) is 5. The van der Waals surface area contributed by atoms with Crippen LogP contribution in [-0.4, -0.2) is 19.4 Å². The summed E-state index contributed by atoms with van der Waals surface area (Å²) in [6.45, 7) is 2.29. The molecule has 21 heavy (non-hydrogen) atoms. The Bertz CT molecular complexity index is 681. The second-order valence-electron chi connectivity index (χ2n) is 4.55. The molecular weight excluding hydrogens is 276 g/mol. The van der Waals surface area contributed by atoms with Crippen molar-refractivity contribution in [2.45, 2.75) is 26.3 Å². The number of benzene rings is 1. The molecular formula is C13H14N4O4. The number of nitrogens with zero attached hydrogens (tertiary/aromatic N) is 4. The van der Waals surface area contributed by atoms with Gasteiger partial charge in [-0.05, 0) is 12.5 Å². The summed E-state index contributed by atoms with van der Waals surface area (Å²) in [4.78, 5) is 24.8. The highest BCUT2D eigenvalue weighted by Crippen LogP contribution is 2.25. The number of nitro groups is 2. The summed E-state index contributed by atoms with van der Waals surface area (Å²) in [6.07, 6.45) is 5.07. The Morgan fingerprint density at radius 2 is 2.00 bits per heavy atom. The first-order valence-electron chi connectivity index (χ1n) is 6.44. The summed E-state index contributed by atoms with van der Waals surface area (Å²) in [5.41, 5.74) is -0.119. The van der Waals surface area contributed by atoms with Crippen LogP contribution in [0.25, 0.3) is 0 Å². The summed E-state index contributed by atoms with van der Waals surface area (Å²) >= 11 is 0. The van der Waals surface area contributed by atoms with Crippen molar-refractivity contribution < 1.29 is 9.85 Å². The van der Waals surface area contributed by atoms with Gasteiger partial charge in [0.2, 0.25) is 0 Å². The SMILES string of the molecule is CCCc1nccn1Cc1ccc([N+](=O)[O-])cc1[N+](=O)[O-]. The van der Waals surface area contributed by atoms with E-state index < -0.39 is 9.85 Å². The molecule has 0 saturated heterocycles. The molecule has 110 valence electrons. The van der Waals surface area contributed by atoms with Gasteiger partial charge >= 0.3 is 0 Å². The monoisotopic (exact) mass is 290 g/mol. The number of aryl methyl sites for hydroxylation is 1. The molecule has 2 rings (SSSR count). The molecule has 0 saturated carbocycles. The smallest absolute Gasteiger partial charge is 0.281 e. The molecule has 0 unspecified atom stereocenters. The van der Waals surface area contributed by atoms with E-state index in [4.69, 9.17) is 0 Å². The third kappa shape index (κ3) is 3.22. The molecule has 2 aromatic rings. The molecule has 0 spiro atoms. The van der Waals surface area contributed by atoms with E-state index in [0.717, 1.165) is 24.7 Å². The van der Waals surface area contributed by atoms with Gasteiger partial charge in [0, 0.05) is 24.9 Å². The van der Waals surface area contributed by atoms with Crippen LogP contribution in [0.15, 0.2) is 30.6 Å². The highest BCUT2D eigenvalue weighted by atomic mass is 16.6. The lowest BCUT2D eigenvalue weighted by Crippen LogP contribution is -2.07. The summed E-state index contributed by atoms with van der Waals surface area (Å²) in [6, 6.07) is 3.69. The first kappa shape index (κ1) is 14.6. The molecule has 0 aliphatic rings. The van der Waals surface area contributed by atoms with E-state index in [1.165, 1.54) is 12.1 Å². The van der Waals surface area contributed by atoms with Crippen LogP contribution in [0, 0.1) is 20.2 Å². The van der Waals surface area contributed by atoms with Gasteiger partial charge in [0.1, 0.15) is 5.82 Å². The lowest BCUT2D eigenvalue weighted by molar-refractivity contribution is -0.394. The van der Waals surface area contributed by atoms with E-state index in [0.29, 0.717) is 5.56 Å². The molecule has 1 aromatic heterocycles.